The fourth-order valence-electron chi connectivity index (χ4n) is 0.797. The molecule has 0 N–H and O–H groups in total. The maximum Gasteiger partial charge on any atom is 0.0805 e. The molecular weight excluding hydrogens is 128 g/mol. The fraction of sp³-hybridized carbons (Fsp3) is 1.00. The van der Waals surface area contributed by atoms with E-state index in [2.05, 4.69) is 0 Å². The molecule has 0 aliphatic heterocycles. The number of ether oxygens (including phenoxy) is 2. The van der Waals surface area contributed by atoms with Crippen LogP contribution in [0.15, 0.2) is 0 Å². The van der Waals surface area contributed by atoms with Crippen LogP contribution in [0.2, 0.25) is 0 Å². The minimum absolute atomic E-state index is 0.213. The van der Waals surface area contributed by atoms with E-state index in [9.17, 15) is 0 Å². The molecule has 0 aromatic rings. The molecule has 0 rings (SSSR count). The van der Waals surface area contributed by atoms with E-state index in [1.807, 2.05) is 27.7 Å². The molecule has 0 aromatic heterocycles. The van der Waals surface area contributed by atoms with Crippen LogP contribution in [0.25, 0.3) is 0 Å². The van der Waals surface area contributed by atoms with Crippen molar-refractivity contribution in [3.05, 3.63) is 0 Å². The van der Waals surface area contributed by atoms with Gasteiger partial charge in [-0.1, -0.05) is 0 Å². The van der Waals surface area contributed by atoms with Crippen LogP contribution in [0.5, 0.6) is 0 Å². The molecule has 0 spiro atoms. The fourth-order valence-corrected chi connectivity index (χ4v) is 0.797. The standard InChI is InChI=1S/C8H18O2/c1-5-9-7(3)8(4)10-6-2/h7-8H,5-6H2,1-4H3/t7-,8-/m0/s1. The second kappa shape index (κ2) is 5.69. The van der Waals surface area contributed by atoms with Crippen LogP contribution in [-0.2, 0) is 9.47 Å². The largest absolute Gasteiger partial charge is 0.376 e. The lowest BCUT2D eigenvalue weighted by Crippen LogP contribution is -2.25. The highest BCUT2D eigenvalue weighted by atomic mass is 16.5. The van der Waals surface area contributed by atoms with Crippen LogP contribution in [0.4, 0.5) is 0 Å². The Bertz CT molecular complexity index is 63.7. The van der Waals surface area contributed by atoms with Crippen molar-refractivity contribution in [1.82, 2.24) is 0 Å². The maximum absolute atomic E-state index is 5.33. The summed E-state index contributed by atoms with van der Waals surface area (Å²) in [5, 5.41) is 0. The summed E-state index contributed by atoms with van der Waals surface area (Å²) in [5.74, 6) is 0. The first-order valence-corrected chi connectivity index (χ1v) is 3.95. The normalized spacial score (nSPS) is 16.8. The molecule has 62 valence electrons. The van der Waals surface area contributed by atoms with E-state index in [0.717, 1.165) is 13.2 Å². The molecular formula is C8H18O2. The summed E-state index contributed by atoms with van der Waals surface area (Å²) in [7, 11) is 0. The number of rotatable bonds is 5. The molecule has 2 nitrogen and oxygen atoms in total. The van der Waals surface area contributed by atoms with Gasteiger partial charge < -0.3 is 9.47 Å². The van der Waals surface area contributed by atoms with E-state index < -0.39 is 0 Å². The molecule has 2 heteroatoms. The van der Waals surface area contributed by atoms with Crippen molar-refractivity contribution in [3.8, 4) is 0 Å². The van der Waals surface area contributed by atoms with Crippen LogP contribution in [0.3, 0.4) is 0 Å². The first-order chi connectivity index (χ1) is 4.72. The van der Waals surface area contributed by atoms with Gasteiger partial charge in [-0.3, -0.25) is 0 Å². The summed E-state index contributed by atoms with van der Waals surface area (Å²) >= 11 is 0. The van der Waals surface area contributed by atoms with Crippen molar-refractivity contribution >= 4 is 0 Å². The van der Waals surface area contributed by atoms with Crippen molar-refractivity contribution in [2.45, 2.75) is 39.9 Å². The van der Waals surface area contributed by atoms with Crippen LogP contribution in [0, 0.1) is 0 Å². The van der Waals surface area contributed by atoms with E-state index in [0.29, 0.717) is 0 Å². The molecule has 0 aliphatic rings. The predicted molar refractivity (Wildman–Crippen MR) is 42.2 cm³/mol. The molecule has 0 radical (unpaired) electrons. The van der Waals surface area contributed by atoms with Gasteiger partial charge in [-0.15, -0.1) is 0 Å². The van der Waals surface area contributed by atoms with Gasteiger partial charge in [-0.25, -0.2) is 0 Å². The van der Waals surface area contributed by atoms with Crippen molar-refractivity contribution in [2.75, 3.05) is 13.2 Å². The average molecular weight is 146 g/mol. The Balaban J connectivity index is 3.38. The third-order valence-electron chi connectivity index (χ3n) is 1.52. The molecule has 0 aromatic carbocycles. The quantitative estimate of drug-likeness (QED) is 0.589. The van der Waals surface area contributed by atoms with Gasteiger partial charge in [0, 0.05) is 13.2 Å². The van der Waals surface area contributed by atoms with E-state index in [1.165, 1.54) is 0 Å². The Labute approximate surface area is 63.5 Å². The zero-order valence-electron chi connectivity index (χ0n) is 7.39. The van der Waals surface area contributed by atoms with Crippen LogP contribution in [0.1, 0.15) is 27.7 Å². The summed E-state index contributed by atoms with van der Waals surface area (Å²) in [6.07, 6.45) is 0.426. The van der Waals surface area contributed by atoms with Crippen molar-refractivity contribution in [1.29, 1.82) is 0 Å². The molecule has 0 saturated heterocycles. The maximum atomic E-state index is 5.33. The summed E-state index contributed by atoms with van der Waals surface area (Å²) in [5.41, 5.74) is 0. The lowest BCUT2D eigenvalue weighted by atomic mass is 10.2. The molecule has 0 amide bonds. The van der Waals surface area contributed by atoms with E-state index >= 15 is 0 Å². The van der Waals surface area contributed by atoms with Gasteiger partial charge in [-0.05, 0) is 27.7 Å². The molecule has 0 unspecified atom stereocenters. The Morgan fingerprint density at radius 3 is 1.40 bits per heavy atom. The lowest BCUT2D eigenvalue weighted by Gasteiger charge is -2.19. The van der Waals surface area contributed by atoms with Gasteiger partial charge in [-0.2, -0.15) is 0 Å². The minimum Gasteiger partial charge on any atom is -0.376 e. The van der Waals surface area contributed by atoms with Crippen LogP contribution >= 0.6 is 0 Å². The van der Waals surface area contributed by atoms with Crippen molar-refractivity contribution < 1.29 is 9.47 Å². The summed E-state index contributed by atoms with van der Waals surface area (Å²) in [4.78, 5) is 0. The predicted octanol–water partition coefficient (Wildman–Crippen LogP) is 1.84. The molecule has 0 saturated carbocycles. The van der Waals surface area contributed by atoms with Gasteiger partial charge >= 0.3 is 0 Å². The van der Waals surface area contributed by atoms with E-state index in [-0.39, 0.29) is 12.2 Å². The van der Waals surface area contributed by atoms with Crippen LogP contribution < -0.4 is 0 Å². The summed E-state index contributed by atoms with van der Waals surface area (Å²) in [6, 6.07) is 0. The summed E-state index contributed by atoms with van der Waals surface area (Å²) < 4.78 is 10.7. The zero-order valence-corrected chi connectivity index (χ0v) is 7.39. The van der Waals surface area contributed by atoms with Crippen molar-refractivity contribution in [3.63, 3.8) is 0 Å². The lowest BCUT2D eigenvalue weighted by molar-refractivity contribution is -0.0489. The highest BCUT2D eigenvalue weighted by Crippen LogP contribution is 2.01. The van der Waals surface area contributed by atoms with Gasteiger partial charge in [0.05, 0.1) is 12.2 Å². The Kier molecular flexibility index (Phi) is 5.64. The highest BCUT2D eigenvalue weighted by Gasteiger charge is 2.10. The molecule has 2 atom stereocenters. The third kappa shape index (κ3) is 3.85. The van der Waals surface area contributed by atoms with E-state index in [4.69, 9.17) is 9.47 Å². The highest BCUT2D eigenvalue weighted by molar-refractivity contribution is 4.58. The van der Waals surface area contributed by atoms with Gasteiger partial charge in [0.25, 0.3) is 0 Å². The third-order valence-corrected chi connectivity index (χ3v) is 1.52. The smallest absolute Gasteiger partial charge is 0.0805 e. The average Bonchev–Trinajstić information content (AvgIpc) is 1.89. The second-order valence-electron chi connectivity index (χ2n) is 2.32. The first kappa shape index (κ1) is 9.92. The summed E-state index contributed by atoms with van der Waals surface area (Å²) in [6.45, 7) is 9.58. The van der Waals surface area contributed by atoms with E-state index in [1.54, 1.807) is 0 Å². The topological polar surface area (TPSA) is 18.5 Å². The minimum atomic E-state index is 0.213. The molecule has 0 fully saturated rings. The molecule has 10 heavy (non-hydrogen) atoms. The Morgan fingerprint density at radius 1 is 0.900 bits per heavy atom. The Hall–Kier alpha value is -0.0800. The van der Waals surface area contributed by atoms with Gasteiger partial charge in [0.15, 0.2) is 0 Å². The van der Waals surface area contributed by atoms with Crippen LogP contribution in [-0.4, -0.2) is 25.4 Å². The first-order valence-electron chi connectivity index (χ1n) is 3.95. The Morgan fingerprint density at radius 2 is 1.20 bits per heavy atom. The molecule has 0 heterocycles. The number of hydrogen-bond donors (Lipinski definition) is 0. The number of hydrogen-bond acceptors (Lipinski definition) is 2. The van der Waals surface area contributed by atoms with Crippen molar-refractivity contribution in [2.24, 2.45) is 0 Å². The molecule has 0 aliphatic carbocycles. The monoisotopic (exact) mass is 146 g/mol. The van der Waals surface area contributed by atoms with Gasteiger partial charge in [0.1, 0.15) is 0 Å². The SMILES string of the molecule is CCO[C@@H](C)[C@H](C)OCC. The second-order valence-corrected chi connectivity index (χ2v) is 2.32. The van der Waals surface area contributed by atoms with Gasteiger partial charge in [0.2, 0.25) is 0 Å². The zero-order chi connectivity index (χ0) is 7.98. The molecule has 0 bridgehead atoms.